The van der Waals surface area contributed by atoms with Crippen molar-refractivity contribution in [2.45, 2.75) is 50.4 Å². The van der Waals surface area contributed by atoms with Crippen LogP contribution in [-0.2, 0) is 11.2 Å². The number of anilines is 2. The Bertz CT molecular complexity index is 1740. The van der Waals surface area contributed by atoms with Gasteiger partial charge in [0.25, 0.3) is 5.91 Å². The molecule has 1 spiro atoms. The van der Waals surface area contributed by atoms with E-state index >= 15 is 0 Å². The molecule has 3 heterocycles. The second-order valence-corrected chi connectivity index (χ2v) is 13.4. The number of nitrogens with one attached hydrogen (secondary N) is 3. The number of hydrogen-bond acceptors (Lipinski definition) is 7. The Morgan fingerprint density at radius 2 is 1.96 bits per heavy atom. The summed E-state index contributed by atoms with van der Waals surface area (Å²) in [6.07, 6.45) is -1.38. The third kappa shape index (κ3) is 7.28. The minimum Gasteiger partial charge on any atom is -0.424 e. The van der Waals surface area contributed by atoms with Gasteiger partial charge in [0.2, 0.25) is 0 Å². The zero-order valence-corrected chi connectivity index (χ0v) is 26.7. The van der Waals surface area contributed by atoms with E-state index in [0.29, 0.717) is 21.7 Å². The number of rotatable bonds is 9. The predicted octanol–water partition coefficient (Wildman–Crippen LogP) is 6.28. The first-order chi connectivity index (χ1) is 22.6. The molecule has 3 fully saturated rings. The Morgan fingerprint density at radius 3 is 2.62 bits per heavy atom. The Balaban J connectivity index is 1.17. The number of nitrogens with zero attached hydrogens (tertiary/aromatic N) is 2. The first kappa shape index (κ1) is 32.9. The van der Waals surface area contributed by atoms with Crippen molar-refractivity contribution >= 4 is 38.7 Å². The second kappa shape index (κ2) is 13.6. The molecule has 13 heteroatoms. The maximum atomic E-state index is 14.6. The van der Waals surface area contributed by atoms with E-state index in [2.05, 4.69) is 37.5 Å². The van der Waals surface area contributed by atoms with Gasteiger partial charge < -0.3 is 25.4 Å². The van der Waals surface area contributed by atoms with Crippen LogP contribution >= 0.6 is 11.3 Å². The Kier molecular flexibility index (Phi) is 9.51. The second-order valence-electron chi connectivity index (χ2n) is 12.4. The molecule has 1 amide bonds. The van der Waals surface area contributed by atoms with Crippen molar-refractivity contribution < 1.29 is 31.8 Å². The highest BCUT2D eigenvalue weighted by molar-refractivity contribution is 7.20. The van der Waals surface area contributed by atoms with Gasteiger partial charge >= 0.3 is 12.9 Å². The van der Waals surface area contributed by atoms with Crippen molar-refractivity contribution in [2.75, 3.05) is 57.3 Å². The molecule has 0 bridgehead atoms. The molecule has 3 aliphatic rings. The number of carbonyl (C=O) groups is 1. The molecule has 8 nitrogen and oxygen atoms in total. The van der Waals surface area contributed by atoms with Gasteiger partial charge in [-0.05, 0) is 48.8 Å². The van der Waals surface area contributed by atoms with Crippen LogP contribution in [0, 0.1) is 29.6 Å². The van der Waals surface area contributed by atoms with Gasteiger partial charge in [-0.25, -0.2) is 11.0 Å². The molecule has 0 atom stereocenters. The van der Waals surface area contributed by atoms with E-state index in [1.54, 1.807) is 12.1 Å². The van der Waals surface area contributed by atoms with E-state index in [9.17, 15) is 22.4 Å². The maximum absolute atomic E-state index is 14.6. The number of alkyl halides is 3. The third-order valence-corrected chi connectivity index (χ3v) is 10.3. The highest BCUT2D eigenvalue weighted by Gasteiger charge is 2.50. The number of amides is 1. The normalized spacial score (nSPS) is 20.3. The number of ether oxygens (including phenoxy) is 2. The van der Waals surface area contributed by atoms with Gasteiger partial charge in [-0.1, -0.05) is 24.0 Å². The minimum absolute atomic E-state index is 0.0493. The number of benzene rings is 2. The summed E-state index contributed by atoms with van der Waals surface area (Å²) < 4.78 is 67.4. The highest BCUT2D eigenvalue weighted by atomic mass is 32.1. The van der Waals surface area contributed by atoms with Crippen LogP contribution in [0.1, 0.15) is 46.5 Å². The number of thiophene rings is 1. The summed E-state index contributed by atoms with van der Waals surface area (Å²) in [7, 11) is 1.36. The maximum Gasteiger partial charge on any atom is 0.393 e. The molecule has 47 heavy (non-hydrogen) atoms. The quantitative estimate of drug-likeness (QED) is 0.142. The first-order valence-electron chi connectivity index (χ1n) is 15.5. The molecule has 1 saturated carbocycles. The molecule has 1 aliphatic carbocycles. The van der Waals surface area contributed by atoms with Gasteiger partial charge in [0.1, 0.15) is 5.82 Å². The fourth-order valence-corrected chi connectivity index (χ4v) is 7.87. The van der Waals surface area contributed by atoms with Gasteiger partial charge in [0.05, 0.1) is 52.7 Å². The van der Waals surface area contributed by atoms with Gasteiger partial charge in [-0.15, -0.1) is 11.3 Å². The van der Waals surface area contributed by atoms with Crippen molar-refractivity contribution in [2.24, 2.45) is 5.41 Å². The standard InChI is InChI=1S/C34H35F4N5O3S/c1-39-20-46-29-13-24(32(44)40-2)26(35)14-28(29)41-12-4-7-30-25(15-34(36,37)38)23-5-3-6-27(31(23)47-30)42-21-8-10-22(11-9-21)43-16-33(17-43)18-45-19-33/h3,5-6,13-14,21-22,41-42H,8-12,15-20H2,2H3,(H,40,44). The summed E-state index contributed by atoms with van der Waals surface area (Å²) in [5, 5.41) is 9.40. The molecule has 3 N–H and O–H groups in total. The lowest BCUT2D eigenvalue weighted by Gasteiger charge is -2.58. The SMILES string of the molecule is [C-]#[N+]COc1cc(C(=O)NC)c(F)cc1NCC#Cc1sc2c(NC3CCC(N4CC5(COC5)C4)CC3)cccc2c1CC(F)(F)F. The van der Waals surface area contributed by atoms with E-state index in [-0.39, 0.29) is 41.9 Å². The lowest BCUT2D eigenvalue weighted by molar-refractivity contribution is -0.200. The summed E-state index contributed by atoms with van der Waals surface area (Å²) in [5.74, 6) is 4.38. The Morgan fingerprint density at radius 1 is 1.19 bits per heavy atom. The minimum atomic E-state index is -4.43. The van der Waals surface area contributed by atoms with Crippen LogP contribution in [0.4, 0.5) is 28.9 Å². The zero-order valence-electron chi connectivity index (χ0n) is 25.9. The molecule has 2 saturated heterocycles. The topological polar surface area (TPSA) is 79.2 Å². The van der Waals surface area contributed by atoms with Crippen molar-refractivity contribution in [3.8, 4) is 17.6 Å². The van der Waals surface area contributed by atoms with Crippen molar-refractivity contribution in [1.82, 2.24) is 10.2 Å². The van der Waals surface area contributed by atoms with E-state index in [4.69, 9.17) is 16.0 Å². The van der Waals surface area contributed by atoms with Crippen LogP contribution in [0.15, 0.2) is 30.3 Å². The Labute approximate surface area is 274 Å². The van der Waals surface area contributed by atoms with Gasteiger partial charge in [0, 0.05) is 43.7 Å². The van der Waals surface area contributed by atoms with Crippen LogP contribution in [0.25, 0.3) is 14.9 Å². The predicted molar refractivity (Wildman–Crippen MR) is 173 cm³/mol. The van der Waals surface area contributed by atoms with Gasteiger partial charge in [-0.3, -0.25) is 14.5 Å². The lowest BCUT2D eigenvalue weighted by atomic mass is 9.75. The summed E-state index contributed by atoms with van der Waals surface area (Å²) >= 11 is 1.23. The molecule has 2 aliphatic heterocycles. The van der Waals surface area contributed by atoms with Crippen LogP contribution in [0.3, 0.4) is 0 Å². The number of halogens is 4. The molecule has 0 radical (unpaired) electrons. The molecule has 248 valence electrons. The van der Waals surface area contributed by atoms with Crippen molar-refractivity contribution in [3.63, 3.8) is 0 Å². The number of likely N-dealkylation sites (tertiary alicyclic amines) is 1. The smallest absolute Gasteiger partial charge is 0.393 e. The van der Waals surface area contributed by atoms with E-state index < -0.39 is 24.3 Å². The fourth-order valence-electron chi connectivity index (χ4n) is 6.70. The average Bonchev–Trinajstić information content (AvgIpc) is 3.34. The molecular formula is C34H35F4N5O3S. The zero-order chi connectivity index (χ0) is 33.2. The summed E-state index contributed by atoms with van der Waals surface area (Å²) in [4.78, 5) is 18.0. The van der Waals surface area contributed by atoms with E-state index in [1.165, 1.54) is 24.5 Å². The molecular weight excluding hydrogens is 634 g/mol. The summed E-state index contributed by atoms with van der Waals surface area (Å²) in [6, 6.07) is 8.47. The summed E-state index contributed by atoms with van der Waals surface area (Å²) in [6.45, 7) is 10.6. The third-order valence-electron chi connectivity index (χ3n) is 9.06. The highest BCUT2D eigenvalue weighted by Crippen LogP contribution is 2.43. The molecule has 6 rings (SSSR count). The van der Waals surface area contributed by atoms with Crippen molar-refractivity contribution in [1.29, 1.82) is 0 Å². The van der Waals surface area contributed by atoms with E-state index in [1.807, 2.05) is 6.07 Å². The van der Waals surface area contributed by atoms with Crippen LogP contribution < -0.4 is 20.7 Å². The monoisotopic (exact) mass is 669 g/mol. The average molecular weight is 670 g/mol. The molecule has 2 aromatic carbocycles. The fraction of sp³-hybridized carbons (Fsp3) is 0.471. The lowest BCUT2D eigenvalue weighted by Crippen LogP contribution is -2.68. The van der Waals surface area contributed by atoms with Crippen LogP contribution in [0.2, 0.25) is 0 Å². The molecule has 1 aromatic heterocycles. The van der Waals surface area contributed by atoms with Crippen LogP contribution in [-0.4, -0.2) is 75.7 Å². The number of hydrogen-bond donors (Lipinski definition) is 3. The number of fused-ring (bicyclic) bond motifs is 1. The Hall–Kier alpha value is -4.04. The van der Waals surface area contributed by atoms with E-state index in [0.717, 1.165) is 68.4 Å². The summed E-state index contributed by atoms with van der Waals surface area (Å²) in [5.41, 5.74) is 1.24. The largest absolute Gasteiger partial charge is 0.424 e. The van der Waals surface area contributed by atoms with Crippen LogP contribution in [0.5, 0.6) is 5.75 Å². The number of carbonyl (C=O) groups excluding carboxylic acids is 1. The molecule has 3 aromatic rings. The first-order valence-corrected chi connectivity index (χ1v) is 16.3. The van der Waals surface area contributed by atoms with Crippen molar-refractivity contribution in [3.05, 3.63) is 63.6 Å². The van der Waals surface area contributed by atoms with Gasteiger partial charge in [-0.2, -0.15) is 13.2 Å². The molecule has 0 unspecified atom stereocenters. The van der Waals surface area contributed by atoms with Gasteiger partial charge in [0.15, 0.2) is 5.75 Å².